The van der Waals surface area contributed by atoms with Crippen LogP contribution in [-0.2, 0) is 0 Å². The van der Waals surface area contributed by atoms with Crippen molar-refractivity contribution in [2.45, 2.75) is 6.04 Å². The van der Waals surface area contributed by atoms with Gasteiger partial charge in [-0.1, -0.05) is 23.7 Å². The van der Waals surface area contributed by atoms with Gasteiger partial charge in [0, 0.05) is 11.6 Å². The van der Waals surface area contributed by atoms with E-state index in [9.17, 15) is 9.18 Å². The molecule has 0 aliphatic rings. The fraction of sp³-hybridized carbons (Fsp3) is 0.235. The first-order valence-electron chi connectivity index (χ1n) is 7.07. The molecule has 0 amide bonds. The van der Waals surface area contributed by atoms with Crippen molar-refractivity contribution in [2.24, 2.45) is 0 Å². The summed E-state index contributed by atoms with van der Waals surface area (Å²) in [4.78, 5) is 13.0. The van der Waals surface area contributed by atoms with E-state index in [2.05, 4.69) is 5.32 Å². The van der Waals surface area contributed by atoms with Gasteiger partial charge in [-0.2, -0.15) is 0 Å². The van der Waals surface area contributed by atoms with E-state index in [1.807, 2.05) is 31.1 Å². The molecule has 0 bridgehead atoms. The summed E-state index contributed by atoms with van der Waals surface area (Å²) < 4.78 is 13.9. The maximum absolute atomic E-state index is 13.9. The van der Waals surface area contributed by atoms with Crippen LogP contribution in [-0.4, -0.2) is 36.6 Å². The van der Waals surface area contributed by atoms with E-state index < -0.39 is 11.8 Å². The van der Waals surface area contributed by atoms with Gasteiger partial charge in [-0.15, -0.1) is 0 Å². The lowest BCUT2D eigenvalue weighted by Gasteiger charge is -2.25. The molecule has 0 spiro atoms. The summed E-state index contributed by atoms with van der Waals surface area (Å²) in [7, 11) is 3.84. The number of halogens is 2. The second kappa shape index (κ2) is 7.44. The first-order valence-corrected chi connectivity index (χ1v) is 7.45. The molecule has 0 aromatic heterocycles. The summed E-state index contributed by atoms with van der Waals surface area (Å²) in [6.45, 7) is 0.425. The molecule has 23 heavy (non-hydrogen) atoms. The average Bonchev–Trinajstić information content (AvgIpc) is 2.50. The Hall–Kier alpha value is -2.11. The van der Waals surface area contributed by atoms with E-state index in [1.165, 1.54) is 12.1 Å². The van der Waals surface area contributed by atoms with E-state index in [1.54, 1.807) is 12.1 Å². The molecule has 0 heterocycles. The molecule has 0 saturated carbocycles. The Morgan fingerprint density at radius 1 is 1.26 bits per heavy atom. The van der Waals surface area contributed by atoms with Crippen LogP contribution < -0.4 is 5.32 Å². The van der Waals surface area contributed by atoms with Crippen LogP contribution in [0.2, 0.25) is 5.02 Å². The van der Waals surface area contributed by atoms with Gasteiger partial charge >= 0.3 is 5.97 Å². The lowest BCUT2D eigenvalue weighted by Crippen LogP contribution is -2.27. The summed E-state index contributed by atoms with van der Waals surface area (Å²) in [5.74, 6) is -1.57. The number of likely N-dealkylation sites (N-methyl/N-ethyl adjacent to an activating group) is 1. The summed E-state index contributed by atoms with van der Waals surface area (Å²) in [6, 6.07) is 11.1. The minimum atomic E-state index is -1.09. The van der Waals surface area contributed by atoms with E-state index in [0.717, 1.165) is 11.6 Å². The van der Waals surface area contributed by atoms with Crippen LogP contribution >= 0.6 is 11.6 Å². The molecule has 0 saturated heterocycles. The number of hydrogen-bond donors (Lipinski definition) is 2. The lowest BCUT2D eigenvalue weighted by atomic mass is 10.1. The van der Waals surface area contributed by atoms with Gasteiger partial charge in [-0.05, 0) is 50.0 Å². The highest BCUT2D eigenvalue weighted by Gasteiger charge is 2.15. The third-order valence-electron chi connectivity index (χ3n) is 3.58. The van der Waals surface area contributed by atoms with E-state index in [-0.39, 0.29) is 17.3 Å². The van der Waals surface area contributed by atoms with Crippen LogP contribution in [0.5, 0.6) is 0 Å². The number of carbonyl (C=O) groups is 1. The van der Waals surface area contributed by atoms with Crippen LogP contribution in [0.25, 0.3) is 0 Å². The molecule has 0 radical (unpaired) electrons. The number of carboxylic acids is 1. The maximum Gasteiger partial charge on any atom is 0.335 e. The second-order valence-electron chi connectivity index (χ2n) is 5.41. The number of nitrogens with one attached hydrogen (secondary N) is 1. The number of hydrogen-bond acceptors (Lipinski definition) is 3. The van der Waals surface area contributed by atoms with E-state index >= 15 is 0 Å². The fourth-order valence-electron chi connectivity index (χ4n) is 2.28. The van der Waals surface area contributed by atoms with Crippen molar-refractivity contribution in [3.63, 3.8) is 0 Å². The topological polar surface area (TPSA) is 52.6 Å². The number of carboxylic acid groups (broad SMARTS) is 1. The molecule has 4 nitrogen and oxygen atoms in total. The standard InChI is InChI=1S/C17H18ClFN2O2/c1-21(2)16(11-3-6-13(18)7-4-11)10-20-15-9-12(17(22)23)5-8-14(15)19/h3-9,16,20H,10H2,1-2H3,(H,22,23). The Morgan fingerprint density at radius 2 is 1.91 bits per heavy atom. The van der Waals surface area contributed by atoms with E-state index in [4.69, 9.17) is 16.7 Å². The van der Waals surface area contributed by atoms with Crippen LogP contribution in [0, 0.1) is 5.82 Å². The Morgan fingerprint density at radius 3 is 2.48 bits per heavy atom. The monoisotopic (exact) mass is 336 g/mol. The van der Waals surface area contributed by atoms with Crippen molar-refractivity contribution in [1.29, 1.82) is 0 Å². The maximum atomic E-state index is 13.9. The van der Waals surface area contributed by atoms with Crippen molar-refractivity contribution in [2.75, 3.05) is 26.0 Å². The zero-order valence-corrected chi connectivity index (χ0v) is 13.6. The molecular weight excluding hydrogens is 319 g/mol. The predicted octanol–water partition coefficient (Wildman–Crippen LogP) is 3.89. The highest BCUT2D eigenvalue weighted by Crippen LogP contribution is 2.23. The molecule has 2 N–H and O–H groups in total. The molecule has 1 atom stereocenters. The number of anilines is 1. The largest absolute Gasteiger partial charge is 0.478 e. The first-order chi connectivity index (χ1) is 10.9. The van der Waals surface area contributed by atoms with Gasteiger partial charge in [0.2, 0.25) is 0 Å². The highest BCUT2D eigenvalue weighted by molar-refractivity contribution is 6.30. The van der Waals surface area contributed by atoms with Crippen molar-refractivity contribution in [3.05, 3.63) is 64.4 Å². The Bertz CT molecular complexity index is 689. The summed E-state index contributed by atoms with van der Waals surface area (Å²) >= 11 is 5.90. The van der Waals surface area contributed by atoms with Crippen molar-refractivity contribution < 1.29 is 14.3 Å². The molecule has 1 unspecified atom stereocenters. The second-order valence-corrected chi connectivity index (χ2v) is 5.85. The third kappa shape index (κ3) is 4.43. The lowest BCUT2D eigenvalue weighted by molar-refractivity contribution is 0.0697. The van der Waals surface area contributed by atoms with Gasteiger partial charge < -0.3 is 15.3 Å². The number of aromatic carboxylic acids is 1. The van der Waals surface area contributed by atoms with Crippen LogP contribution in [0.15, 0.2) is 42.5 Å². The molecular formula is C17H18ClFN2O2. The molecule has 0 fully saturated rings. The number of nitrogens with zero attached hydrogens (tertiary/aromatic N) is 1. The highest BCUT2D eigenvalue weighted by atomic mass is 35.5. The summed E-state index contributed by atoms with van der Waals surface area (Å²) in [6.07, 6.45) is 0. The zero-order valence-electron chi connectivity index (χ0n) is 12.9. The molecule has 122 valence electrons. The molecule has 2 rings (SSSR count). The smallest absolute Gasteiger partial charge is 0.335 e. The van der Waals surface area contributed by atoms with E-state index in [0.29, 0.717) is 11.6 Å². The van der Waals surface area contributed by atoms with Gasteiger partial charge in [0.1, 0.15) is 5.82 Å². The normalized spacial score (nSPS) is 12.2. The predicted molar refractivity (Wildman–Crippen MR) is 89.7 cm³/mol. The van der Waals surface area contributed by atoms with Crippen LogP contribution in [0.3, 0.4) is 0 Å². The van der Waals surface area contributed by atoms with Gasteiger partial charge in [0.25, 0.3) is 0 Å². The van der Waals surface area contributed by atoms with Gasteiger partial charge in [-0.25, -0.2) is 9.18 Å². The van der Waals surface area contributed by atoms with Crippen molar-refractivity contribution in [3.8, 4) is 0 Å². The van der Waals surface area contributed by atoms with Crippen LogP contribution in [0.1, 0.15) is 22.0 Å². The summed E-state index contributed by atoms with van der Waals surface area (Å²) in [5.41, 5.74) is 1.24. The van der Waals surface area contributed by atoms with Crippen molar-refractivity contribution >= 4 is 23.3 Å². The molecule has 0 aliphatic heterocycles. The number of rotatable bonds is 6. The van der Waals surface area contributed by atoms with Crippen molar-refractivity contribution in [1.82, 2.24) is 4.90 Å². The van der Waals surface area contributed by atoms with Crippen LogP contribution in [0.4, 0.5) is 10.1 Å². The summed E-state index contributed by atoms with van der Waals surface area (Å²) in [5, 5.41) is 12.6. The Labute approximate surface area is 139 Å². The average molecular weight is 337 g/mol. The Kier molecular flexibility index (Phi) is 5.58. The molecule has 0 aliphatic carbocycles. The van der Waals surface area contributed by atoms with Gasteiger partial charge in [-0.3, -0.25) is 0 Å². The van der Waals surface area contributed by atoms with Gasteiger partial charge in [0.05, 0.1) is 17.3 Å². The SMILES string of the molecule is CN(C)C(CNc1cc(C(=O)O)ccc1F)c1ccc(Cl)cc1. The minimum absolute atomic E-state index is 0.0137. The Balaban J connectivity index is 2.17. The molecule has 6 heteroatoms. The zero-order chi connectivity index (χ0) is 17.0. The first kappa shape index (κ1) is 17.2. The molecule has 2 aromatic rings. The fourth-order valence-corrected chi connectivity index (χ4v) is 2.41. The minimum Gasteiger partial charge on any atom is -0.478 e. The molecule has 2 aromatic carbocycles. The number of benzene rings is 2. The van der Waals surface area contributed by atoms with Gasteiger partial charge in [0.15, 0.2) is 0 Å². The quantitative estimate of drug-likeness (QED) is 0.840. The third-order valence-corrected chi connectivity index (χ3v) is 3.83.